The van der Waals surface area contributed by atoms with Crippen molar-refractivity contribution in [3.05, 3.63) is 23.2 Å². The second-order valence-corrected chi connectivity index (χ2v) is 7.40. The maximum atomic E-state index is 12.2. The van der Waals surface area contributed by atoms with Gasteiger partial charge >= 0.3 is 0 Å². The Hall–Kier alpha value is -1.59. The molecular formula is C18H24ClN3O2. The average Bonchev–Trinajstić information content (AvgIpc) is 3.35. The molecule has 1 saturated heterocycles. The molecule has 0 radical (unpaired) electrons. The van der Waals surface area contributed by atoms with Crippen LogP contribution in [0.5, 0.6) is 0 Å². The van der Waals surface area contributed by atoms with Gasteiger partial charge in [-0.2, -0.15) is 0 Å². The summed E-state index contributed by atoms with van der Waals surface area (Å²) in [7, 11) is 0. The number of likely N-dealkylation sites (tertiary alicyclic amines) is 1. The highest BCUT2D eigenvalue weighted by atomic mass is 35.5. The lowest BCUT2D eigenvalue weighted by Gasteiger charge is -2.30. The van der Waals surface area contributed by atoms with Crippen molar-refractivity contribution in [2.75, 3.05) is 30.3 Å². The Morgan fingerprint density at radius 3 is 2.71 bits per heavy atom. The van der Waals surface area contributed by atoms with Crippen molar-refractivity contribution >= 4 is 34.8 Å². The van der Waals surface area contributed by atoms with Gasteiger partial charge in [0.25, 0.3) is 0 Å². The van der Waals surface area contributed by atoms with Crippen LogP contribution in [0.3, 0.4) is 0 Å². The van der Waals surface area contributed by atoms with Crippen molar-refractivity contribution in [3.63, 3.8) is 0 Å². The molecular weight excluding hydrogens is 326 g/mol. The van der Waals surface area contributed by atoms with Crippen LogP contribution in [0.15, 0.2) is 18.2 Å². The third kappa shape index (κ3) is 4.71. The summed E-state index contributed by atoms with van der Waals surface area (Å²) in [4.78, 5) is 26.2. The van der Waals surface area contributed by atoms with Gasteiger partial charge in [0.05, 0.1) is 17.3 Å². The summed E-state index contributed by atoms with van der Waals surface area (Å²) in [5, 5.41) is 6.15. The molecule has 0 aromatic heterocycles. The molecule has 3 rings (SSSR count). The minimum Gasteiger partial charge on any atom is -0.326 e. The van der Waals surface area contributed by atoms with Crippen LogP contribution < -0.4 is 10.6 Å². The van der Waals surface area contributed by atoms with Crippen LogP contribution in [0.4, 0.5) is 11.4 Å². The minimum absolute atomic E-state index is 0.0436. The number of nitrogens with one attached hydrogen (secondary N) is 2. The Morgan fingerprint density at radius 2 is 2.04 bits per heavy atom. The summed E-state index contributed by atoms with van der Waals surface area (Å²) < 4.78 is 0. The average molecular weight is 350 g/mol. The van der Waals surface area contributed by atoms with E-state index in [2.05, 4.69) is 22.5 Å². The number of benzene rings is 1. The Bertz CT molecular complexity index is 631. The van der Waals surface area contributed by atoms with Crippen LogP contribution in [0.25, 0.3) is 0 Å². The van der Waals surface area contributed by atoms with Gasteiger partial charge in [-0.25, -0.2) is 0 Å². The van der Waals surface area contributed by atoms with Crippen molar-refractivity contribution in [1.29, 1.82) is 0 Å². The van der Waals surface area contributed by atoms with E-state index in [0.717, 1.165) is 32.4 Å². The summed E-state index contributed by atoms with van der Waals surface area (Å²) in [6, 6.07) is 5.19. The summed E-state index contributed by atoms with van der Waals surface area (Å²) in [5.74, 6) is 0.780. The van der Waals surface area contributed by atoms with Crippen molar-refractivity contribution in [3.8, 4) is 0 Å². The zero-order valence-corrected chi connectivity index (χ0v) is 14.7. The highest BCUT2D eigenvalue weighted by Gasteiger charge is 2.29. The highest BCUT2D eigenvalue weighted by Crippen LogP contribution is 2.31. The summed E-state index contributed by atoms with van der Waals surface area (Å²) >= 11 is 6.24. The molecule has 6 heteroatoms. The number of piperidine rings is 1. The van der Waals surface area contributed by atoms with E-state index in [0.29, 0.717) is 28.9 Å². The topological polar surface area (TPSA) is 61.4 Å². The molecule has 130 valence electrons. The Kier molecular flexibility index (Phi) is 5.41. The molecule has 2 amide bonds. The van der Waals surface area contributed by atoms with Gasteiger partial charge in [0.1, 0.15) is 0 Å². The van der Waals surface area contributed by atoms with E-state index in [1.165, 1.54) is 6.42 Å². The molecule has 0 spiro atoms. The maximum Gasteiger partial charge on any atom is 0.238 e. The molecule has 2 N–H and O–H groups in total. The molecule has 2 fully saturated rings. The molecule has 5 nitrogen and oxygen atoms in total. The summed E-state index contributed by atoms with van der Waals surface area (Å²) in [5.41, 5.74) is 1.25. The largest absolute Gasteiger partial charge is 0.326 e. The van der Waals surface area contributed by atoms with Gasteiger partial charge in [-0.15, -0.1) is 0 Å². The van der Waals surface area contributed by atoms with E-state index < -0.39 is 0 Å². The first-order valence-corrected chi connectivity index (χ1v) is 9.01. The third-order valence-corrected chi connectivity index (χ3v) is 4.88. The van der Waals surface area contributed by atoms with Crippen LogP contribution in [-0.2, 0) is 9.59 Å². The molecule has 0 bridgehead atoms. The molecule has 1 aliphatic heterocycles. The van der Waals surface area contributed by atoms with Crippen LogP contribution in [0.1, 0.15) is 32.6 Å². The molecule has 1 aromatic carbocycles. The number of carbonyl (C=O) groups excluding carboxylic acids is 2. The number of rotatable bonds is 5. The summed E-state index contributed by atoms with van der Waals surface area (Å²) in [6.07, 6.45) is 4.30. The lowest BCUT2D eigenvalue weighted by atomic mass is 10.0. The van der Waals surface area contributed by atoms with Crippen molar-refractivity contribution in [2.45, 2.75) is 32.6 Å². The normalized spacial score (nSPS) is 21.3. The number of nitrogens with zero attached hydrogens (tertiary/aromatic N) is 1. The molecule has 1 saturated carbocycles. The number of halogens is 1. The predicted octanol–water partition coefficient (Wildman–Crippen LogP) is 3.36. The molecule has 1 aromatic rings. The Balaban J connectivity index is 1.54. The predicted molar refractivity (Wildman–Crippen MR) is 96.3 cm³/mol. The second-order valence-electron chi connectivity index (χ2n) is 6.99. The zero-order valence-electron chi connectivity index (χ0n) is 14.0. The number of hydrogen-bond donors (Lipinski definition) is 2. The van der Waals surface area contributed by atoms with E-state index in [9.17, 15) is 9.59 Å². The fourth-order valence-corrected chi connectivity index (χ4v) is 3.33. The van der Waals surface area contributed by atoms with Crippen molar-refractivity contribution in [2.24, 2.45) is 11.8 Å². The van der Waals surface area contributed by atoms with E-state index in [1.807, 2.05) is 0 Å². The quantitative estimate of drug-likeness (QED) is 0.856. The minimum atomic E-state index is -0.0548. The SMILES string of the molecule is CC1CCCN(CC(=O)Nc2ccc(NC(=O)C3CC3)cc2Cl)C1. The van der Waals surface area contributed by atoms with Gasteiger partial charge < -0.3 is 10.6 Å². The monoisotopic (exact) mass is 349 g/mol. The highest BCUT2D eigenvalue weighted by molar-refractivity contribution is 6.34. The Morgan fingerprint density at radius 1 is 1.25 bits per heavy atom. The molecule has 24 heavy (non-hydrogen) atoms. The van der Waals surface area contributed by atoms with Crippen LogP contribution >= 0.6 is 11.6 Å². The van der Waals surface area contributed by atoms with E-state index >= 15 is 0 Å². The van der Waals surface area contributed by atoms with E-state index in [1.54, 1.807) is 18.2 Å². The number of anilines is 2. The molecule has 1 atom stereocenters. The smallest absolute Gasteiger partial charge is 0.238 e. The first kappa shape index (κ1) is 17.2. The third-order valence-electron chi connectivity index (χ3n) is 4.57. The van der Waals surface area contributed by atoms with E-state index in [4.69, 9.17) is 11.6 Å². The fraction of sp³-hybridized carbons (Fsp3) is 0.556. The van der Waals surface area contributed by atoms with Crippen LogP contribution in [0.2, 0.25) is 5.02 Å². The first-order valence-electron chi connectivity index (χ1n) is 8.64. The van der Waals surface area contributed by atoms with Gasteiger partial charge in [-0.1, -0.05) is 18.5 Å². The van der Waals surface area contributed by atoms with E-state index in [-0.39, 0.29) is 17.7 Å². The van der Waals surface area contributed by atoms with Crippen molar-refractivity contribution < 1.29 is 9.59 Å². The Labute approximate surface area is 147 Å². The molecule has 1 unspecified atom stereocenters. The zero-order chi connectivity index (χ0) is 17.1. The number of carbonyl (C=O) groups is 2. The van der Waals surface area contributed by atoms with Crippen molar-refractivity contribution in [1.82, 2.24) is 4.90 Å². The lowest BCUT2D eigenvalue weighted by Crippen LogP contribution is -2.39. The standard InChI is InChI=1S/C18H24ClN3O2/c1-12-3-2-8-22(10-12)11-17(23)21-16-7-6-14(9-15(16)19)20-18(24)13-4-5-13/h6-7,9,12-13H,2-5,8,10-11H2,1H3,(H,20,24)(H,21,23). The summed E-state index contributed by atoms with van der Waals surface area (Å²) in [6.45, 7) is 4.54. The van der Waals surface area contributed by atoms with Crippen LogP contribution in [0, 0.1) is 11.8 Å². The van der Waals surface area contributed by atoms with Gasteiger partial charge in [0.2, 0.25) is 11.8 Å². The molecule has 2 aliphatic rings. The lowest BCUT2D eigenvalue weighted by molar-refractivity contribution is -0.118. The first-order chi connectivity index (χ1) is 11.5. The van der Waals surface area contributed by atoms with Gasteiger partial charge in [0.15, 0.2) is 0 Å². The van der Waals surface area contributed by atoms with Gasteiger partial charge in [-0.05, 0) is 56.3 Å². The van der Waals surface area contributed by atoms with Gasteiger partial charge in [0, 0.05) is 18.2 Å². The molecule has 1 heterocycles. The maximum absolute atomic E-state index is 12.2. The second kappa shape index (κ2) is 7.53. The van der Waals surface area contributed by atoms with Gasteiger partial charge in [-0.3, -0.25) is 14.5 Å². The number of amides is 2. The van der Waals surface area contributed by atoms with Crippen LogP contribution in [-0.4, -0.2) is 36.3 Å². The fourth-order valence-electron chi connectivity index (χ4n) is 3.11. The number of hydrogen-bond acceptors (Lipinski definition) is 3. The molecule has 1 aliphatic carbocycles.